The molecule has 0 aliphatic carbocycles. The fourth-order valence-electron chi connectivity index (χ4n) is 2.34. The summed E-state index contributed by atoms with van der Waals surface area (Å²) in [5.74, 6) is -0.707. The summed E-state index contributed by atoms with van der Waals surface area (Å²) in [6.07, 6.45) is 1.42. The molecule has 1 saturated heterocycles. The number of carboxylic acids is 1. The van der Waals surface area contributed by atoms with Gasteiger partial charge in [0.15, 0.2) is 0 Å². The Balaban J connectivity index is 2.83. The van der Waals surface area contributed by atoms with Crippen molar-refractivity contribution in [2.45, 2.75) is 45.3 Å². The molecule has 0 radical (unpaired) electrons. The van der Waals surface area contributed by atoms with E-state index >= 15 is 0 Å². The molecule has 0 amide bonds. The number of carbonyl (C=O) groups is 1. The Morgan fingerprint density at radius 1 is 1.53 bits per heavy atom. The zero-order valence-electron chi connectivity index (χ0n) is 9.82. The van der Waals surface area contributed by atoms with Gasteiger partial charge < -0.3 is 9.84 Å². The van der Waals surface area contributed by atoms with E-state index in [1.165, 1.54) is 0 Å². The SMILES string of the molecule is CCC(CC)(C(=O)O)N1CCOC(C)C1. The van der Waals surface area contributed by atoms with Crippen LogP contribution in [0.4, 0.5) is 0 Å². The van der Waals surface area contributed by atoms with Crippen molar-refractivity contribution in [3.8, 4) is 0 Å². The van der Waals surface area contributed by atoms with Crippen LogP contribution in [0.15, 0.2) is 0 Å². The molecule has 0 aromatic heterocycles. The molecule has 1 rings (SSSR count). The highest BCUT2D eigenvalue weighted by Gasteiger charge is 2.42. The number of carboxylic acid groups (broad SMARTS) is 1. The van der Waals surface area contributed by atoms with Gasteiger partial charge in [-0.2, -0.15) is 0 Å². The summed E-state index contributed by atoms with van der Waals surface area (Å²) in [5.41, 5.74) is -0.696. The minimum absolute atomic E-state index is 0.135. The van der Waals surface area contributed by atoms with Gasteiger partial charge in [-0.15, -0.1) is 0 Å². The average Bonchev–Trinajstić information content (AvgIpc) is 2.20. The lowest BCUT2D eigenvalue weighted by Crippen LogP contribution is -2.59. The first-order valence-corrected chi connectivity index (χ1v) is 5.67. The summed E-state index contributed by atoms with van der Waals surface area (Å²) in [5, 5.41) is 9.38. The van der Waals surface area contributed by atoms with Crippen LogP contribution in [0.2, 0.25) is 0 Å². The monoisotopic (exact) mass is 215 g/mol. The van der Waals surface area contributed by atoms with E-state index in [1.807, 2.05) is 20.8 Å². The summed E-state index contributed by atoms with van der Waals surface area (Å²) in [7, 11) is 0. The summed E-state index contributed by atoms with van der Waals surface area (Å²) in [4.78, 5) is 13.5. The van der Waals surface area contributed by atoms with E-state index in [0.29, 0.717) is 26.0 Å². The Kier molecular flexibility index (Phi) is 4.11. The standard InChI is InChI=1S/C11H21NO3/c1-4-11(5-2,10(13)14)12-6-7-15-9(3)8-12/h9H,4-8H2,1-3H3,(H,13,14). The van der Waals surface area contributed by atoms with E-state index in [0.717, 1.165) is 6.54 Å². The fraction of sp³-hybridized carbons (Fsp3) is 0.909. The molecule has 0 bridgehead atoms. The fourth-order valence-corrected chi connectivity index (χ4v) is 2.34. The Labute approximate surface area is 91.2 Å². The van der Waals surface area contributed by atoms with Crippen LogP contribution < -0.4 is 0 Å². The number of ether oxygens (including phenoxy) is 1. The zero-order valence-corrected chi connectivity index (χ0v) is 9.82. The van der Waals surface area contributed by atoms with Gasteiger partial charge in [-0.25, -0.2) is 0 Å². The second-order valence-electron chi connectivity index (χ2n) is 4.17. The normalized spacial score (nSPS) is 24.1. The molecule has 1 N–H and O–H groups in total. The second kappa shape index (κ2) is 4.94. The molecule has 0 saturated carbocycles. The quantitative estimate of drug-likeness (QED) is 0.769. The van der Waals surface area contributed by atoms with Gasteiger partial charge in [-0.1, -0.05) is 13.8 Å². The Bertz CT molecular complexity index is 226. The Morgan fingerprint density at radius 2 is 2.13 bits per heavy atom. The van der Waals surface area contributed by atoms with Crippen LogP contribution in [0.5, 0.6) is 0 Å². The third-order valence-corrected chi connectivity index (χ3v) is 3.41. The Hall–Kier alpha value is -0.610. The van der Waals surface area contributed by atoms with Crippen LogP contribution in [-0.4, -0.2) is 47.3 Å². The van der Waals surface area contributed by atoms with Crippen molar-refractivity contribution in [3.05, 3.63) is 0 Å². The lowest BCUT2D eigenvalue weighted by Gasteiger charge is -2.43. The lowest BCUT2D eigenvalue weighted by atomic mass is 9.90. The first-order chi connectivity index (χ1) is 7.06. The van der Waals surface area contributed by atoms with Crippen molar-refractivity contribution in [2.75, 3.05) is 19.7 Å². The van der Waals surface area contributed by atoms with Crippen molar-refractivity contribution in [1.29, 1.82) is 0 Å². The maximum absolute atomic E-state index is 11.4. The van der Waals surface area contributed by atoms with Gasteiger partial charge in [0.05, 0.1) is 12.7 Å². The third-order valence-electron chi connectivity index (χ3n) is 3.41. The zero-order chi connectivity index (χ0) is 11.5. The smallest absolute Gasteiger partial charge is 0.324 e. The molecule has 88 valence electrons. The molecule has 1 aliphatic rings. The summed E-state index contributed by atoms with van der Waals surface area (Å²) < 4.78 is 5.44. The molecular formula is C11H21NO3. The number of hydrogen-bond acceptors (Lipinski definition) is 3. The van der Waals surface area contributed by atoms with Crippen LogP contribution in [0.1, 0.15) is 33.6 Å². The molecular weight excluding hydrogens is 194 g/mol. The summed E-state index contributed by atoms with van der Waals surface area (Å²) in [6, 6.07) is 0. The Morgan fingerprint density at radius 3 is 2.53 bits per heavy atom. The molecule has 1 atom stereocenters. The second-order valence-corrected chi connectivity index (χ2v) is 4.17. The molecule has 1 heterocycles. The van der Waals surface area contributed by atoms with Crippen molar-refractivity contribution in [3.63, 3.8) is 0 Å². The van der Waals surface area contributed by atoms with Crippen LogP contribution in [0.25, 0.3) is 0 Å². The molecule has 0 aromatic carbocycles. The van der Waals surface area contributed by atoms with Gasteiger partial charge in [0, 0.05) is 13.1 Å². The van der Waals surface area contributed by atoms with Gasteiger partial charge in [-0.05, 0) is 19.8 Å². The molecule has 15 heavy (non-hydrogen) atoms. The minimum atomic E-state index is -0.707. The topological polar surface area (TPSA) is 49.8 Å². The maximum Gasteiger partial charge on any atom is 0.324 e. The molecule has 0 aromatic rings. The number of rotatable bonds is 4. The van der Waals surface area contributed by atoms with E-state index in [2.05, 4.69) is 4.90 Å². The largest absolute Gasteiger partial charge is 0.480 e. The third kappa shape index (κ3) is 2.32. The molecule has 1 unspecified atom stereocenters. The number of nitrogens with zero attached hydrogens (tertiary/aromatic N) is 1. The number of aliphatic carboxylic acids is 1. The van der Waals surface area contributed by atoms with E-state index in [4.69, 9.17) is 4.74 Å². The first kappa shape index (κ1) is 12.5. The highest BCUT2D eigenvalue weighted by molar-refractivity contribution is 5.78. The van der Waals surface area contributed by atoms with Crippen molar-refractivity contribution in [2.24, 2.45) is 0 Å². The van der Waals surface area contributed by atoms with Crippen LogP contribution in [0.3, 0.4) is 0 Å². The van der Waals surface area contributed by atoms with Gasteiger partial charge in [0.1, 0.15) is 5.54 Å². The molecule has 4 heteroatoms. The summed E-state index contributed by atoms with van der Waals surface area (Å²) in [6.45, 7) is 7.95. The van der Waals surface area contributed by atoms with Gasteiger partial charge in [0.2, 0.25) is 0 Å². The average molecular weight is 215 g/mol. The number of hydrogen-bond donors (Lipinski definition) is 1. The first-order valence-electron chi connectivity index (χ1n) is 5.67. The van der Waals surface area contributed by atoms with Gasteiger partial charge in [-0.3, -0.25) is 9.69 Å². The lowest BCUT2D eigenvalue weighted by molar-refractivity contribution is -0.158. The number of morpholine rings is 1. The van der Waals surface area contributed by atoms with E-state index in [9.17, 15) is 9.90 Å². The molecule has 1 aliphatic heterocycles. The highest BCUT2D eigenvalue weighted by Crippen LogP contribution is 2.26. The van der Waals surface area contributed by atoms with Gasteiger partial charge in [0.25, 0.3) is 0 Å². The molecule has 0 spiro atoms. The van der Waals surface area contributed by atoms with Crippen LogP contribution >= 0.6 is 0 Å². The van der Waals surface area contributed by atoms with E-state index < -0.39 is 11.5 Å². The maximum atomic E-state index is 11.4. The highest BCUT2D eigenvalue weighted by atomic mass is 16.5. The van der Waals surface area contributed by atoms with Crippen LogP contribution in [-0.2, 0) is 9.53 Å². The summed E-state index contributed by atoms with van der Waals surface area (Å²) >= 11 is 0. The van der Waals surface area contributed by atoms with Crippen LogP contribution in [0, 0.1) is 0 Å². The molecule has 4 nitrogen and oxygen atoms in total. The predicted molar refractivity (Wildman–Crippen MR) is 57.9 cm³/mol. The van der Waals surface area contributed by atoms with E-state index in [-0.39, 0.29) is 6.10 Å². The minimum Gasteiger partial charge on any atom is -0.480 e. The van der Waals surface area contributed by atoms with Crippen molar-refractivity contribution >= 4 is 5.97 Å². The van der Waals surface area contributed by atoms with E-state index in [1.54, 1.807) is 0 Å². The van der Waals surface area contributed by atoms with Crippen molar-refractivity contribution < 1.29 is 14.6 Å². The van der Waals surface area contributed by atoms with Gasteiger partial charge >= 0.3 is 5.97 Å². The van der Waals surface area contributed by atoms with Crippen molar-refractivity contribution in [1.82, 2.24) is 4.90 Å². The predicted octanol–water partition coefficient (Wildman–Crippen LogP) is 1.35. The molecule has 1 fully saturated rings.